The van der Waals surface area contributed by atoms with Crippen LogP contribution in [-0.4, -0.2) is 42.3 Å². The lowest BCUT2D eigenvalue weighted by molar-refractivity contribution is 0.0875. The molecule has 1 rings (SSSR count). The highest BCUT2D eigenvalue weighted by Crippen LogP contribution is 2.13. The number of thioether (sulfide) groups is 1. The average Bonchev–Trinajstić information content (AvgIpc) is 2.35. The molecular formula is C13H18BrNOS. The molecule has 0 fully saturated rings. The summed E-state index contributed by atoms with van der Waals surface area (Å²) in [6.45, 7) is 2.90. The molecule has 0 saturated heterocycles. The van der Waals surface area contributed by atoms with Gasteiger partial charge in [-0.15, -0.1) is 0 Å². The number of hydrogen-bond donors (Lipinski definition) is 0. The maximum atomic E-state index is 12.2. The van der Waals surface area contributed by atoms with Crippen LogP contribution >= 0.6 is 27.7 Å². The molecule has 0 aromatic heterocycles. The summed E-state index contributed by atoms with van der Waals surface area (Å²) in [4.78, 5) is 14.3. The van der Waals surface area contributed by atoms with Crippen molar-refractivity contribution in [2.45, 2.75) is 13.0 Å². The zero-order valence-corrected chi connectivity index (χ0v) is 12.8. The first-order chi connectivity index (χ1) is 8.06. The Kier molecular flexibility index (Phi) is 6.23. The highest BCUT2D eigenvalue weighted by atomic mass is 79.9. The molecule has 0 aliphatic rings. The van der Waals surface area contributed by atoms with Crippen LogP contribution in [0.2, 0.25) is 0 Å². The fourth-order valence-corrected chi connectivity index (χ4v) is 2.22. The van der Waals surface area contributed by atoms with Crippen molar-refractivity contribution in [2.75, 3.05) is 25.6 Å². The normalized spacial score (nSPS) is 12.8. The summed E-state index contributed by atoms with van der Waals surface area (Å²) in [7, 11) is 2.00. The Hall–Kier alpha value is -0.320. The molecule has 2 nitrogen and oxygen atoms in total. The molecule has 0 radical (unpaired) electrons. The van der Waals surface area contributed by atoms with Gasteiger partial charge in [0.25, 0.3) is 0 Å². The predicted molar refractivity (Wildman–Crippen MR) is 78.9 cm³/mol. The van der Waals surface area contributed by atoms with Gasteiger partial charge < -0.3 is 0 Å². The minimum atomic E-state index is -0.0664. The van der Waals surface area contributed by atoms with Crippen LogP contribution in [0.5, 0.6) is 0 Å². The monoisotopic (exact) mass is 315 g/mol. The average molecular weight is 316 g/mol. The molecule has 1 unspecified atom stereocenters. The van der Waals surface area contributed by atoms with E-state index in [-0.39, 0.29) is 11.8 Å². The lowest BCUT2D eigenvalue weighted by Crippen LogP contribution is -2.37. The Morgan fingerprint density at radius 3 is 2.53 bits per heavy atom. The van der Waals surface area contributed by atoms with Gasteiger partial charge in [-0.25, -0.2) is 0 Å². The zero-order valence-electron chi connectivity index (χ0n) is 10.4. The van der Waals surface area contributed by atoms with E-state index in [2.05, 4.69) is 27.1 Å². The fraction of sp³-hybridized carbons (Fsp3) is 0.462. The van der Waals surface area contributed by atoms with E-state index in [9.17, 15) is 4.79 Å². The van der Waals surface area contributed by atoms with Gasteiger partial charge in [0.05, 0.1) is 6.04 Å². The summed E-state index contributed by atoms with van der Waals surface area (Å²) in [5, 5.41) is 0. The lowest BCUT2D eigenvalue weighted by atomic mass is 10.0. The third-order valence-electron chi connectivity index (χ3n) is 2.82. The van der Waals surface area contributed by atoms with Gasteiger partial charge >= 0.3 is 0 Å². The maximum Gasteiger partial charge on any atom is 0.179 e. The van der Waals surface area contributed by atoms with Gasteiger partial charge in [0.1, 0.15) is 0 Å². The van der Waals surface area contributed by atoms with Crippen molar-refractivity contribution in [3.05, 3.63) is 34.3 Å². The minimum absolute atomic E-state index is 0.0664. The highest BCUT2D eigenvalue weighted by molar-refractivity contribution is 9.10. The van der Waals surface area contributed by atoms with E-state index in [1.54, 1.807) is 11.8 Å². The molecule has 0 aliphatic heterocycles. The molecule has 0 heterocycles. The van der Waals surface area contributed by atoms with Crippen molar-refractivity contribution in [3.8, 4) is 0 Å². The molecule has 0 N–H and O–H groups in total. The SMILES string of the molecule is CSCCN(C)C(C)C(=O)c1ccc(Br)cc1. The molecule has 1 atom stereocenters. The molecule has 0 aliphatic carbocycles. The quantitative estimate of drug-likeness (QED) is 0.751. The molecular weight excluding hydrogens is 298 g/mol. The Morgan fingerprint density at radius 2 is 2.00 bits per heavy atom. The molecule has 17 heavy (non-hydrogen) atoms. The van der Waals surface area contributed by atoms with Crippen molar-refractivity contribution in [3.63, 3.8) is 0 Å². The van der Waals surface area contributed by atoms with E-state index in [1.165, 1.54) is 0 Å². The third kappa shape index (κ3) is 4.45. The van der Waals surface area contributed by atoms with E-state index in [1.807, 2.05) is 38.2 Å². The lowest BCUT2D eigenvalue weighted by Gasteiger charge is -2.23. The van der Waals surface area contributed by atoms with Gasteiger partial charge in [-0.3, -0.25) is 9.69 Å². The summed E-state index contributed by atoms with van der Waals surface area (Å²) in [5.41, 5.74) is 0.775. The van der Waals surface area contributed by atoms with Gasteiger partial charge in [-0.1, -0.05) is 28.1 Å². The van der Waals surface area contributed by atoms with Crippen molar-refractivity contribution in [1.29, 1.82) is 0 Å². The van der Waals surface area contributed by atoms with Crippen LogP contribution in [0.25, 0.3) is 0 Å². The molecule has 0 spiro atoms. The van der Waals surface area contributed by atoms with Crippen LogP contribution < -0.4 is 0 Å². The standard InChI is InChI=1S/C13H18BrNOS/c1-10(15(2)8-9-17-3)13(16)11-4-6-12(14)7-5-11/h4-7,10H,8-9H2,1-3H3. The molecule has 94 valence electrons. The third-order valence-corrected chi connectivity index (χ3v) is 3.94. The number of hydrogen-bond acceptors (Lipinski definition) is 3. The van der Waals surface area contributed by atoms with Gasteiger partial charge in [0.15, 0.2) is 5.78 Å². The number of nitrogens with zero attached hydrogens (tertiary/aromatic N) is 1. The summed E-state index contributed by atoms with van der Waals surface area (Å²) in [6.07, 6.45) is 2.08. The van der Waals surface area contributed by atoms with Crippen LogP contribution in [0.1, 0.15) is 17.3 Å². The second-order valence-electron chi connectivity index (χ2n) is 4.02. The first-order valence-electron chi connectivity index (χ1n) is 5.55. The molecule has 0 saturated carbocycles. The number of halogens is 1. The van der Waals surface area contributed by atoms with Crippen molar-refractivity contribution in [2.24, 2.45) is 0 Å². The van der Waals surface area contributed by atoms with Crippen LogP contribution in [0.3, 0.4) is 0 Å². The van der Waals surface area contributed by atoms with Crippen LogP contribution in [-0.2, 0) is 0 Å². The Balaban J connectivity index is 2.65. The van der Waals surface area contributed by atoms with Gasteiger partial charge in [0, 0.05) is 22.3 Å². The van der Waals surface area contributed by atoms with Gasteiger partial charge in [-0.05, 0) is 32.4 Å². The van der Waals surface area contributed by atoms with E-state index >= 15 is 0 Å². The molecule has 4 heteroatoms. The molecule has 0 bridgehead atoms. The summed E-state index contributed by atoms with van der Waals surface area (Å²) >= 11 is 5.17. The molecule has 1 aromatic carbocycles. The van der Waals surface area contributed by atoms with Gasteiger partial charge in [0.2, 0.25) is 0 Å². The summed E-state index contributed by atoms with van der Waals surface area (Å²) < 4.78 is 0.998. The summed E-state index contributed by atoms with van der Waals surface area (Å²) in [5.74, 6) is 1.23. The Morgan fingerprint density at radius 1 is 1.41 bits per heavy atom. The van der Waals surface area contributed by atoms with Crippen molar-refractivity contribution in [1.82, 2.24) is 4.90 Å². The first kappa shape index (κ1) is 14.7. The van der Waals surface area contributed by atoms with E-state index in [4.69, 9.17) is 0 Å². The number of Topliss-reactive ketones (excluding diaryl/α,β-unsaturated/α-hetero) is 1. The van der Waals surface area contributed by atoms with E-state index in [0.29, 0.717) is 0 Å². The van der Waals surface area contributed by atoms with Crippen molar-refractivity contribution < 1.29 is 4.79 Å². The molecule has 0 amide bonds. The Bertz CT molecular complexity index is 366. The smallest absolute Gasteiger partial charge is 0.179 e. The number of ketones is 1. The predicted octanol–water partition coefficient (Wildman–Crippen LogP) is 3.32. The van der Waals surface area contributed by atoms with E-state index < -0.39 is 0 Å². The number of rotatable bonds is 6. The second kappa shape index (κ2) is 7.19. The summed E-state index contributed by atoms with van der Waals surface area (Å²) in [6, 6.07) is 7.48. The van der Waals surface area contributed by atoms with Crippen LogP contribution in [0.4, 0.5) is 0 Å². The topological polar surface area (TPSA) is 20.3 Å². The fourth-order valence-electron chi connectivity index (χ4n) is 1.48. The van der Waals surface area contributed by atoms with Gasteiger partial charge in [-0.2, -0.15) is 11.8 Å². The van der Waals surface area contributed by atoms with Crippen LogP contribution in [0, 0.1) is 0 Å². The number of carbonyl (C=O) groups is 1. The van der Waals surface area contributed by atoms with Crippen LogP contribution in [0.15, 0.2) is 28.7 Å². The highest BCUT2D eigenvalue weighted by Gasteiger charge is 2.18. The van der Waals surface area contributed by atoms with Crippen molar-refractivity contribution >= 4 is 33.5 Å². The zero-order chi connectivity index (χ0) is 12.8. The largest absolute Gasteiger partial charge is 0.296 e. The minimum Gasteiger partial charge on any atom is -0.296 e. The van der Waals surface area contributed by atoms with E-state index in [0.717, 1.165) is 22.3 Å². The second-order valence-corrected chi connectivity index (χ2v) is 5.92. The number of likely N-dealkylation sites (N-methyl/N-ethyl adjacent to an activating group) is 1. The number of carbonyl (C=O) groups excluding carboxylic acids is 1. The Labute approximate surface area is 116 Å². The molecule has 1 aromatic rings. The number of benzene rings is 1. The maximum absolute atomic E-state index is 12.2. The first-order valence-corrected chi connectivity index (χ1v) is 7.74.